The lowest BCUT2D eigenvalue weighted by molar-refractivity contribution is -0.146. The number of carbonyl (C=O) groups excluding carboxylic acids is 2. The summed E-state index contributed by atoms with van der Waals surface area (Å²) in [4.78, 5) is 28.0. The molecule has 21 heavy (non-hydrogen) atoms. The fraction of sp³-hybridized carbons (Fsp3) is 0.867. The monoisotopic (exact) mass is 297 g/mol. The summed E-state index contributed by atoms with van der Waals surface area (Å²) >= 11 is 0. The van der Waals surface area contributed by atoms with Crippen LogP contribution in [0.2, 0.25) is 0 Å². The molecule has 0 aromatic rings. The maximum atomic E-state index is 12.2. The number of carbonyl (C=O) groups is 2. The quantitative estimate of drug-likeness (QED) is 0.805. The van der Waals surface area contributed by atoms with Crippen LogP contribution < -0.4 is 5.73 Å². The molecule has 0 aromatic carbocycles. The Hall–Kier alpha value is -1.14. The van der Waals surface area contributed by atoms with Gasteiger partial charge in [-0.25, -0.2) is 0 Å². The van der Waals surface area contributed by atoms with Gasteiger partial charge in [-0.05, 0) is 18.8 Å². The number of nitrogens with zero attached hydrogens (tertiary/aromatic N) is 2. The van der Waals surface area contributed by atoms with Crippen molar-refractivity contribution in [3.05, 3.63) is 0 Å². The van der Waals surface area contributed by atoms with E-state index in [1.54, 1.807) is 0 Å². The Labute approximate surface area is 126 Å². The predicted molar refractivity (Wildman–Crippen MR) is 79.6 cm³/mol. The third kappa shape index (κ3) is 4.17. The van der Waals surface area contributed by atoms with E-state index in [2.05, 4.69) is 0 Å². The summed E-state index contributed by atoms with van der Waals surface area (Å²) in [6, 6.07) is -0.0935. The lowest BCUT2D eigenvalue weighted by Crippen LogP contribution is -2.53. The Bertz CT molecular complexity index is 372. The fourth-order valence-electron chi connectivity index (χ4n) is 2.72. The minimum Gasteiger partial charge on any atom is -0.368 e. The first kappa shape index (κ1) is 16.2. The zero-order chi connectivity index (χ0) is 15.4. The van der Waals surface area contributed by atoms with Crippen LogP contribution in [-0.2, 0) is 14.3 Å². The molecule has 6 nitrogen and oxygen atoms in total. The molecule has 2 unspecified atom stereocenters. The Kier molecular flexibility index (Phi) is 5.58. The lowest BCUT2D eigenvalue weighted by atomic mass is 10.0. The second-order valence-electron chi connectivity index (χ2n) is 6.32. The average molecular weight is 297 g/mol. The summed E-state index contributed by atoms with van der Waals surface area (Å²) in [5, 5.41) is 0. The molecular weight excluding hydrogens is 270 g/mol. The molecule has 0 aromatic heterocycles. The highest BCUT2D eigenvalue weighted by Crippen LogP contribution is 2.16. The molecule has 2 aliphatic rings. The molecule has 2 amide bonds. The highest BCUT2D eigenvalue weighted by atomic mass is 16.5. The molecule has 2 N–H and O–H groups in total. The van der Waals surface area contributed by atoms with E-state index in [9.17, 15) is 9.59 Å². The van der Waals surface area contributed by atoms with E-state index >= 15 is 0 Å². The smallest absolute Gasteiger partial charge is 0.251 e. The van der Waals surface area contributed by atoms with Crippen LogP contribution in [0.15, 0.2) is 0 Å². The van der Waals surface area contributed by atoms with Crippen LogP contribution >= 0.6 is 0 Å². The SMILES string of the molecule is CC(C)C(N)CC(=O)N1CCN(C(=O)C2CCCO2)CC1. The largest absolute Gasteiger partial charge is 0.368 e. The van der Waals surface area contributed by atoms with Gasteiger partial charge >= 0.3 is 0 Å². The number of amides is 2. The van der Waals surface area contributed by atoms with Crippen molar-refractivity contribution in [2.45, 2.75) is 45.3 Å². The Morgan fingerprint density at radius 1 is 1.19 bits per heavy atom. The van der Waals surface area contributed by atoms with Gasteiger partial charge in [0, 0.05) is 45.2 Å². The van der Waals surface area contributed by atoms with Gasteiger partial charge in [0.2, 0.25) is 5.91 Å². The van der Waals surface area contributed by atoms with Gasteiger partial charge in [-0.15, -0.1) is 0 Å². The van der Waals surface area contributed by atoms with Crippen LogP contribution in [-0.4, -0.2) is 66.5 Å². The van der Waals surface area contributed by atoms with E-state index < -0.39 is 0 Å². The van der Waals surface area contributed by atoms with Crippen LogP contribution in [0.25, 0.3) is 0 Å². The fourth-order valence-corrected chi connectivity index (χ4v) is 2.72. The van der Waals surface area contributed by atoms with Crippen LogP contribution in [0.3, 0.4) is 0 Å². The summed E-state index contributed by atoms with van der Waals surface area (Å²) in [6.45, 7) is 7.13. The van der Waals surface area contributed by atoms with Crippen LogP contribution in [0, 0.1) is 5.92 Å². The summed E-state index contributed by atoms with van der Waals surface area (Å²) in [7, 11) is 0. The van der Waals surface area contributed by atoms with Gasteiger partial charge in [0.15, 0.2) is 0 Å². The van der Waals surface area contributed by atoms with E-state index in [0.717, 1.165) is 12.8 Å². The van der Waals surface area contributed by atoms with Crippen molar-refractivity contribution in [1.82, 2.24) is 9.80 Å². The van der Waals surface area contributed by atoms with E-state index in [1.165, 1.54) is 0 Å². The van der Waals surface area contributed by atoms with Crippen molar-refractivity contribution in [3.8, 4) is 0 Å². The first-order valence-corrected chi connectivity index (χ1v) is 7.92. The van der Waals surface area contributed by atoms with Gasteiger partial charge in [-0.2, -0.15) is 0 Å². The highest BCUT2D eigenvalue weighted by molar-refractivity contribution is 5.82. The first-order valence-electron chi connectivity index (χ1n) is 7.92. The standard InChI is InChI=1S/C15H27N3O3/c1-11(2)12(16)10-14(19)17-5-7-18(8-6-17)15(20)13-4-3-9-21-13/h11-13H,3-10,16H2,1-2H3. The normalized spacial score (nSPS) is 24.5. The van der Waals surface area contributed by atoms with Gasteiger partial charge in [0.1, 0.15) is 6.10 Å². The molecule has 2 saturated heterocycles. The number of rotatable bonds is 4. The molecule has 120 valence electrons. The van der Waals surface area contributed by atoms with Crippen LogP contribution in [0.1, 0.15) is 33.1 Å². The lowest BCUT2D eigenvalue weighted by Gasteiger charge is -2.36. The van der Waals surface area contributed by atoms with Gasteiger partial charge < -0.3 is 20.3 Å². The summed E-state index contributed by atoms with van der Waals surface area (Å²) in [5.41, 5.74) is 5.95. The third-order valence-corrected chi connectivity index (χ3v) is 4.42. The van der Waals surface area contributed by atoms with Gasteiger partial charge in [0.25, 0.3) is 5.91 Å². The van der Waals surface area contributed by atoms with E-state index in [1.807, 2.05) is 23.6 Å². The molecule has 2 fully saturated rings. The van der Waals surface area contributed by atoms with Crippen LogP contribution in [0.5, 0.6) is 0 Å². The zero-order valence-corrected chi connectivity index (χ0v) is 13.1. The molecule has 2 heterocycles. The number of hydrogen-bond donors (Lipinski definition) is 1. The number of piperazine rings is 1. The van der Waals surface area contributed by atoms with E-state index in [0.29, 0.717) is 45.1 Å². The molecule has 2 aliphatic heterocycles. The Balaban J connectivity index is 1.77. The maximum Gasteiger partial charge on any atom is 0.251 e. The number of nitrogens with two attached hydrogens (primary N) is 1. The molecule has 0 radical (unpaired) electrons. The minimum atomic E-state index is -0.262. The Morgan fingerprint density at radius 3 is 2.33 bits per heavy atom. The molecule has 0 saturated carbocycles. The van der Waals surface area contributed by atoms with Crippen molar-refractivity contribution in [2.24, 2.45) is 11.7 Å². The number of hydrogen-bond acceptors (Lipinski definition) is 4. The molecule has 6 heteroatoms. The summed E-state index contributed by atoms with van der Waals surface area (Å²) in [6.07, 6.45) is 1.90. The average Bonchev–Trinajstić information content (AvgIpc) is 3.00. The second-order valence-corrected chi connectivity index (χ2v) is 6.32. The van der Waals surface area contributed by atoms with Gasteiger partial charge in [-0.1, -0.05) is 13.8 Å². The first-order chi connectivity index (χ1) is 9.99. The zero-order valence-electron chi connectivity index (χ0n) is 13.1. The third-order valence-electron chi connectivity index (χ3n) is 4.42. The van der Waals surface area contributed by atoms with E-state index in [-0.39, 0.29) is 24.0 Å². The highest BCUT2D eigenvalue weighted by Gasteiger charge is 2.31. The van der Waals surface area contributed by atoms with Gasteiger partial charge in [-0.3, -0.25) is 9.59 Å². The predicted octanol–water partition coefficient (Wildman–Crippen LogP) is 0.210. The Morgan fingerprint density at radius 2 is 1.81 bits per heavy atom. The van der Waals surface area contributed by atoms with E-state index in [4.69, 9.17) is 10.5 Å². The van der Waals surface area contributed by atoms with Crippen LogP contribution in [0.4, 0.5) is 0 Å². The second kappa shape index (κ2) is 7.22. The minimum absolute atomic E-state index is 0.0819. The van der Waals surface area contributed by atoms with Crippen molar-refractivity contribution in [2.75, 3.05) is 32.8 Å². The molecule has 0 spiro atoms. The van der Waals surface area contributed by atoms with Crippen molar-refractivity contribution in [1.29, 1.82) is 0 Å². The number of ether oxygens (including phenoxy) is 1. The molecule has 2 rings (SSSR count). The maximum absolute atomic E-state index is 12.2. The van der Waals surface area contributed by atoms with Crippen molar-refractivity contribution < 1.29 is 14.3 Å². The van der Waals surface area contributed by atoms with Crippen molar-refractivity contribution in [3.63, 3.8) is 0 Å². The van der Waals surface area contributed by atoms with Gasteiger partial charge in [0.05, 0.1) is 0 Å². The molecule has 0 bridgehead atoms. The molecule has 0 aliphatic carbocycles. The molecule has 2 atom stereocenters. The van der Waals surface area contributed by atoms with Crippen molar-refractivity contribution >= 4 is 11.8 Å². The summed E-state index contributed by atoms with van der Waals surface area (Å²) in [5.74, 6) is 0.482. The molecular formula is C15H27N3O3. The topological polar surface area (TPSA) is 75.9 Å². The summed E-state index contributed by atoms with van der Waals surface area (Å²) < 4.78 is 5.43.